The fourth-order valence-corrected chi connectivity index (χ4v) is 5.20. The average Bonchev–Trinajstić information content (AvgIpc) is 3.48. The van der Waals surface area contributed by atoms with Crippen LogP contribution < -0.4 is 38.1 Å². The molecule has 1 aromatic heterocycles. The van der Waals surface area contributed by atoms with Gasteiger partial charge in [-0.25, -0.2) is 4.79 Å². The average molecular weight is 747 g/mol. The Morgan fingerprint density at radius 2 is 1.26 bits per heavy atom. The first-order chi connectivity index (χ1) is 24.7. The first-order valence-electron chi connectivity index (χ1n) is 17.0. The number of aromatic amines is 1. The number of carbonyl (C=O) groups excluding carboxylic acids is 6. The van der Waals surface area contributed by atoms with Crippen LogP contribution in [0.25, 0.3) is 10.9 Å². The molecule has 0 aliphatic heterocycles. The number of hydrogen-bond donors (Lipinski definition) is 11. The number of carbonyl (C=O) groups is 8. The third-order valence-corrected chi connectivity index (χ3v) is 8.37. The van der Waals surface area contributed by atoms with E-state index in [0.717, 1.165) is 12.4 Å². The van der Waals surface area contributed by atoms with Gasteiger partial charge < -0.3 is 58.4 Å². The number of benzene rings is 1. The summed E-state index contributed by atoms with van der Waals surface area (Å²) in [6.07, 6.45) is -1.88. The number of carboxylic acid groups (broad SMARTS) is 2. The second kappa shape index (κ2) is 19.9. The van der Waals surface area contributed by atoms with E-state index in [9.17, 15) is 53.7 Å². The van der Waals surface area contributed by atoms with Crippen molar-refractivity contribution >= 4 is 58.3 Å². The normalized spacial score (nSPS) is 15.3. The maximum Gasteiger partial charge on any atom is 0.326 e. The van der Waals surface area contributed by atoms with Crippen molar-refractivity contribution in [2.75, 3.05) is 0 Å². The molecule has 1 heterocycles. The zero-order chi connectivity index (χ0) is 40.2. The van der Waals surface area contributed by atoms with E-state index in [4.69, 9.17) is 11.5 Å². The van der Waals surface area contributed by atoms with Gasteiger partial charge >= 0.3 is 11.9 Å². The molecular weight excluding hydrogens is 696 g/mol. The van der Waals surface area contributed by atoms with Crippen molar-refractivity contribution in [3.8, 4) is 0 Å². The minimum atomic E-state index is -1.87. The Kier molecular flexibility index (Phi) is 16.4. The summed E-state index contributed by atoms with van der Waals surface area (Å²) in [6, 6.07) is -1.87. The maximum absolute atomic E-state index is 13.6. The number of nitrogens with one attached hydrogen (secondary N) is 6. The summed E-state index contributed by atoms with van der Waals surface area (Å²) < 4.78 is 0. The van der Waals surface area contributed by atoms with E-state index in [1.54, 1.807) is 58.2 Å². The number of primary amides is 1. The van der Waals surface area contributed by atoms with Crippen LogP contribution in [0.2, 0.25) is 0 Å². The third-order valence-electron chi connectivity index (χ3n) is 8.37. The first kappa shape index (κ1) is 43.6. The monoisotopic (exact) mass is 746 g/mol. The van der Waals surface area contributed by atoms with Gasteiger partial charge in [0.2, 0.25) is 35.4 Å². The predicted octanol–water partition coefficient (Wildman–Crippen LogP) is -2.02. The third kappa shape index (κ3) is 13.2. The molecule has 0 aliphatic rings. The Balaban J connectivity index is 2.37. The molecule has 0 radical (unpaired) electrons. The second-order valence-corrected chi connectivity index (χ2v) is 13.4. The van der Waals surface area contributed by atoms with Gasteiger partial charge in [0, 0.05) is 29.9 Å². The zero-order valence-corrected chi connectivity index (χ0v) is 30.2. The number of aliphatic hydroxyl groups is 1. The van der Waals surface area contributed by atoms with E-state index in [1.807, 2.05) is 0 Å². The number of rotatable bonds is 21. The van der Waals surface area contributed by atoms with Crippen molar-refractivity contribution in [3.63, 3.8) is 0 Å². The van der Waals surface area contributed by atoms with E-state index in [1.165, 1.54) is 0 Å². The summed E-state index contributed by atoms with van der Waals surface area (Å²) >= 11 is 0. The summed E-state index contributed by atoms with van der Waals surface area (Å²) in [5, 5.41) is 42.1. The van der Waals surface area contributed by atoms with Crippen molar-refractivity contribution in [2.24, 2.45) is 23.3 Å². The highest BCUT2D eigenvalue weighted by molar-refractivity contribution is 5.98. The van der Waals surface area contributed by atoms with E-state index in [2.05, 4.69) is 31.6 Å². The molecule has 19 heteroatoms. The largest absolute Gasteiger partial charge is 0.481 e. The second-order valence-electron chi connectivity index (χ2n) is 13.4. The Bertz CT molecular complexity index is 1660. The Morgan fingerprint density at radius 1 is 0.717 bits per heavy atom. The fraction of sp³-hybridized carbons (Fsp3) is 0.529. The van der Waals surface area contributed by atoms with E-state index >= 15 is 0 Å². The summed E-state index contributed by atoms with van der Waals surface area (Å²) in [5.74, 6) is -9.58. The molecular formula is C34H50N8O11. The molecule has 53 heavy (non-hydrogen) atoms. The van der Waals surface area contributed by atoms with Gasteiger partial charge in [0.05, 0.1) is 18.6 Å². The van der Waals surface area contributed by atoms with E-state index in [-0.39, 0.29) is 25.2 Å². The Hall–Kier alpha value is -5.56. The van der Waals surface area contributed by atoms with Crippen LogP contribution in [0.5, 0.6) is 0 Å². The van der Waals surface area contributed by atoms with Gasteiger partial charge in [-0.1, -0.05) is 45.9 Å². The van der Waals surface area contributed by atoms with E-state index in [0.29, 0.717) is 10.9 Å². The van der Waals surface area contributed by atoms with Crippen LogP contribution in [0.4, 0.5) is 0 Å². The van der Waals surface area contributed by atoms with Gasteiger partial charge in [-0.15, -0.1) is 0 Å². The number of H-pyrrole nitrogens is 1. The lowest BCUT2D eigenvalue weighted by Crippen LogP contribution is -2.62. The number of aliphatic hydroxyl groups excluding tert-OH is 1. The van der Waals surface area contributed by atoms with Gasteiger partial charge in [-0.05, 0) is 36.8 Å². The molecule has 0 saturated heterocycles. The maximum atomic E-state index is 13.6. The molecule has 2 rings (SSSR count). The Labute approximate surface area is 305 Å². The highest BCUT2D eigenvalue weighted by atomic mass is 16.4. The molecule has 13 N–H and O–H groups in total. The van der Waals surface area contributed by atoms with Crippen molar-refractivity contribution < 1.29 is 53.7 Å². The van der Waals surface area contributed by atoms with Crippen LogP contribution in [0.3, 0.4) is 0 Å². The lowest BCUT2D eigenvalue weighted by Gasteiger charge is -2.28. The Morgan fingerprint density at radius 3 is 1.81 bits per heavy atom. The highest BCUT2D eigenvalue weighted by Gasteiger charge is 2.36. The quantitative estimate of drug-likeness (QED) is 0.0660. The molecule has 2 aromatic rings. The summed E-state index contributed by atoms with van der Waals surface area (Å²) in [4.78, 5) is 105. The number of hydrogen-bond acceptors (Lipinski definition) is 10. The molecule has 0 fully saturated rings. The standard InChI is InChI=1S/C34H50N8O11/c1-15(2)26(36)32(50)38-21(10-11-24(35)44)29(47)39-23(13-25(45)46)31(49)42-28(17(5)43)33(51)40-22(30(48)41-27(16(3)4)34(52)53)12-18-14-37-20-9-7-6-8-19(18)20/h6-9,14-17,21-23,26-28,37,43H,10-13,36H2,1-5H3,(H2,35,44)(H,38,50)(H,39,47)(H,40,51)(H,41,48)(H,42,49)(H,45,46)(H,52,53)/t17-,21+,22+,23+,26+,27+,28+/m1/s1. The topological polar surface area (TPSA) is 325 Å². The van der Waals surface area contributed by atoms with Crippen LogP contribution in [0.1, 0.15) is 59.4 Å². The summed E-state index contributed by atoms with van der Waals surface area (Å²) in [6.45, 7) is 7.59. The highest BCUT2D eigenvalue weighted by Crippen LogP contribution is 2.19. The van der Waals surface area contributed by atoms with Crippen LogP contribution in [-0.2, 0) is 44.8 Å². The molecule has 7 atom stereocenters. The molecule has 6 amide bonds. The first-order valence-corrected chi connectivity index (χ1v) is 17.0. The number of para-hydroxylation sites is 1. The number of carboxylic acids is 2. The van der Waals surface area contributed by atoms with Crippen LogP contribution in [0, 0.1) is 11.8 Å². The predicted molar refractivity (Wildman–Crippen MR) is 189 cm³/mol. The molecule has 1 aromatic carbocycles. The molecule has 292 valence electrons. The molecule has 0 unspecified atom stereocenters. The molecule has 0 saturated carbocycles. The smallest absolute Gasteiger partial charge is 0.326 e. The summed E-state index contributed by atoms with van der Waals surface area (Å²) in [7, 11) is 0. The van der Waals surface area contributed by atoms with Crippen molar-refractivity contribution in [1.82, 2.24) is 31.6 Å². The number of aromatic nitrogens is 1. The van der Waals surface area contributed by atoms with Crippen LogP contribution in [0.15, 0.2) is 30.5 Å². The number of fused-ring (bicyclic) bond motifs is 1. The number of amides is 6. The van der Waals surface area contributed by atoms with Crippen LogP contribution >= 0.6 is 0 Å². The molecule has 19 nitrogen and oxygen atoms in total. The molecule has 0 bridgehead atoms. The van der Waals surface area contributed by atoms with Gasteiger partial charge in [0.25, 0.3) is 0 Å². The van der Waals surface area contributed by atoms with Crippen molar-refractivity contribution in [2.45, 2.75) is 103 Å². The van der Waals surface area contributed by atoms with Crippen molar-refractivity contribution in [3.05, 3.63) is 36.0 Å². The number of nitrogens with two attached hydrogens (primary N) is 2. The van der Waals surface area contributed by atoms with Gasteiger partial charge in [-0.2, -0.15) is 0 Å². The minimum absolute atomic E-state index is 0.150. The molecule has 0 spiro atoms. The minimum Gasteiger partial charge on any atom is -0.481 e. The SMILES string of the molecule is CC(C)[C@H](N)C(=O)N[C@@H](CCC(N)=O)C(=O)N[C@@H](CC(=O)O)C(=O)N[C@H](C(=O)N[C@@H](Cc1c[nH]c2ccccc12)C(=O)N[C@H](C(=O)O)C(C)C)[C@@H](C)O. The molecule has 0 aliphatic carbocycles. The zero-order valence-electron chi connectivity index (χ0n) is 30.2. The van der Waals surface area contributed by atoms with Gasteiger partial charge in [0.15, 0.2) is 0 Å². The van der Waals surface area contributed by atoms with Gasteiger partial charge in [0.1, 0.15) is 30.2 Å². The lowest BCUT2D eigenvalue weighted by molar-refractivity contribution is -0.143. The fourth-order valence-electron chi connectivity index (χ4n) is 5.20. The summed E-state index contributed by atoms with van der Waals surface area (Å²) in [5.41, 5.74) is 12.4. The van der Waals surface area contributed by atoms with Crippen LogP contribution in [-0.4, -0.2) is 110 Å². The van der Waals surface area contributed by atoms with E-state index < -0.39 is 102 Å². The lowest BCUT2D eigenvalue weighted by atomic mass is 10.0. The number of aliphatic carboxylic acids is 2. The van der Waals surface area contributed by atoms with Gasteiger partial charge in [-0.3, -0.25) is 33.6 Å². The van der Waals surface area contributed by atoms with Crippen molar-refractivity contribution in [1.29, 1.82) is 0 Å².